The Morgan fingerprint density at radius 3 is 2.91 bits per heavy atom. The summed E-state index contributed by atoms with van der Waals surface area (Å²) in [6.07, 6.45) is 5.66. The van der Waals surface area contributed by atoms with Gasteiger partial charge in [-0.3, -0.25) is 0 Å². The summed E-state index contributed by atoms with van der Waals surface area (Å²) in [5.74, 6) is 0.705. The molecule has 0 nitrogen and oxygen atoms in total. The molecule has 0 N–H and O–H groups in total. The van der Waals surface area contributed by atoms with Crippen molar-refractivity contribution in [1.82, 2.24) is 0 Å². The highest BCUT2D eigenvalue weighted by Gasteiger charge is 2.21. The van der Waals surface area contributed by atoms with Crippen LogP contribution in [0.1, 0.15) is 24.0 Å². The van der Waals surface area contributed by atoms with Gasteiger partial charge in [-0.15, -0.1) is 0 Å². The molecule has 2 rings (SSSR count). The van der Waals surface area contributed by atoms with Crippen molar-refractivity contribution in [2.24, 2.45) is 0 Å². The van der Waals surface area contributed by atoms with Crippen LogP contribution in [0.2, 0.25) is 0 Å². The smallest absolute Gasteiger partial charge is 0.00611 e. The fourth-order valence-corrected chi connectivity index (χ4v) is 1.70. The molecular formula is C11H12. The standard InChI is InChI=1S/C11H12/c1-2-5-9-8-10-6-3-4-7-11(9)10/h2-7,9H,8H2,1H3. The molecule has 56 valence electrons. The Bertz CT molecular complexity index is 284. The minimum atomic E-state index is 0.705. The second kappa shape index (κ2) is 2.54. The van der Waals surface area contributed by atoms with Crippen molar-refractivity contribution in [3.63, 3.8) is 0 Å². The van der Waals surface area contributed by atoms with Gasteiger partial charge in [0.2, 0.25) is 0 Å². The Labute approximate surface area is 67.6 Å². The topological polar surface area (TPSA) is 0 Å². The lowest BCUT2D eigenvalue weighted by Crippen LogP contribution is -2.14. The Hall–Kier alpha value is -1.04. The number of rotatable bonds is 1. The average Bonchev–Trinajstić information content (AvgIpc) is 2.01. The Morgan fingerprint density at radius 2 is 2.18 bits per heavy atom. The highest BCUT2D eigenvalue weighted by molar-refractivity contribution is 5.42. The quantitative estimate of drug-likeness (QED) is 0.532. The molecule has 0 heterocycles. The van der Waals surface area contributed by atoms with Gasteiger partial charge in [-0.1, -0.05) is 36.4 Å². The van der Waals surface area contributed by atoms with Gasteiger partial charge >= 0.3 is 0 Å². The first-order valence-corrected chi connectivity index (χ1v) is 4.12. The third-order valence-electron chi connectivity index (χ3n) is 2.32. The molecule has 0 amide bonds. The van der Waals surface area contributed by atoms with Gasteiger partial charge in [-0.05, 0) is 24.5 Å². The zero-order valence-electron chi connectivity index (χ0n) is 6.75. The van der Waals surface area contributed by atoms with Gasteiger partial charge in [-0.25, -0.2) is 0 Å². The van der Waals surface area contributed by atoms with Gasteiger partial charge in [-0.2, -0.15) is 0 Å². The van der Waals surface area contributed by atoms with E-state index in [0.717, 1.165) is 0 Å². The van der Waals surface area contributed by atoms with E-state index in [1.54, 1.807) is 0 Å². The first-order chi connectivity index (χ1) is 5.42. The number of allylic oxidation sites excluding steroid dienone is 2. The lowest BCUT2D eigenvalue weighted by Gasteiger charge is -2.27. The summed E-state index contributed by atoms with van der Waals surface area (Å²) in [6.45, 7) is 2.08. The third kappa shape index (κ3) is 0.988. The average molecular weight is 144 g/mol. The summed E-state index contributed by atoms with van der Waals surface area (Å²) in [7, 11) is 0. The summed E-state index contributed by atoms with van der Waals surface area (Å²) in [6, 6.07) is 8.68. The molecule has 0 spiro atoms. The van der Waals surface area contributed by atoms with Gasteiger partial charge in [0.15, 0.2) is 0 Å². The van der Waals surface area contributed by atoms with E-state index < -0.39 is 0 Å². The van der Waals surface area contributed by atoms with Crippen molar-refractivity contribution in [2.45, 2.75) is 19.3 Å². The molecule has 0 aliphatic heterocycles. The highest BCUT2D eigenvalue weighted by atomic mass is 14.3. The Kier molecular flexibility index (Phi) is 1.54. The van der Waals surface area contributed by atoms with Crippen molar-refractivity contribution in [2.75, 3.05) is 0 Å². The van der Waals surface area contributed by atoms with E-state index in [-0.39, 0.29) is 0 Å². The van der Waals surface area contributed by atoms with Crippen LogP contribution in [0.4, 0.5) is 0 Å². The Morgan fingerprint density at radius 1 is 1.36 bits per heavy atom. The minimum Gasteiger partial charge on any atom is -0.0910 e. The van der Waals surface area contributed by atoms with Gasteiger partial charge in [0.05, 0.1) is 0 Å². The SMILES string of the molecule is CC=CC1Cc2ccccc21. The lowest BCUT2D eigenvalue weighted by molar-refractivity contribution is 0.731. The summed E-state index contributed by atoms with van der Waals surface area (Å²) in [4.78, 5) is 0. The Balaban J connectivity index is 2.29. The van der Waals surface area contributed by atoms with Gasteiger partial charge in [0.1, 0.15) is 0 Å². The first-order valence-electron chi connectivity index (χ1n) is 4.12. The van der Waals surface area contributed by atoms with E-state index in [0.29, 0.717) is 5.92 Å². The van der Waals surface area contributed by atoms with Crippen molar-refractivity contribution in [3.05, 3.63) is 47.5 Å². The molecule has 1 aliphatic rings. The van der Waals surface area contributed by atoms with E-state index in [1.165, 1.54) is 17.5 Å². The maximum atomic E-state index is 2.28. The van der Waals surface area contributed by atoms with Crippen LogP contribution in [-0.2, 0) is 6.42 Å². The molecule has 0 fully saturated rings. The van der Waals surface area contributed by atoms with Crippen LogP contribution in [0.15, 0.2) is 36.4 Å². The minimum absolute atomic E-state index is 0.705. The molecule has 0 saturated carbocycles. The molecule has 1 aromatic carbocycles. The first kappa shape index (κ1) is 6.66. The number of benzene rings is 1. The molecule has 1 atom stereocenters. The maximum absolute atomic E-state index is 2.28. The number of hydrogen-bond donors (Lipinski definition) is 0. The van der Waals surface area contributed by atoms with Crippen LogP contribution in [-0.4, -0.2) is 0 Å². The van der Waals surface area contributed by atoms with E-state index in [2.05, 4.69) is 43.3 Å². The predicted octanol–water partition coefficient (Wildman–Crippen LogP) is 2.90. The fraction of sp³-hybridized carbons (Fsp3) is 0.273. The van der Waals surface area contributed by atoms with Crippen LogP contribution in [0.3, 0.4) is 0 Å². The molecule has 0 heteroatoms. The highest BCUT2D eigenvalue weighted by Crippen LogP contribution is 2.35. The molecule has 1 aromatic rings. The van der Waals surface area contributed by atoms with E-state index in [1.807, 2.05) is 0 Å². The number of hydrogen-bond acceptors (Lipinski definition) is 0. The van der Waals surface area contributed by atoms with Crippen LogP contribution in [0, 0.1) is 0 Å². The molecule has 1 unspecified atom stereocenters. The van der Waals surface area contributed by atoms with E-state index >= 15 is 0 Å². The van der Waals surface area contributed by atoms with Gasteiger partial charge < -0.3 is 0 Å². The zero-order chi connectivity index (χ0) is 7.68. The summed E-state index contributed by atoms with van der Waals surface area (Å²) in [5.41, 5.74) is 3.04. The molecule has 0 saturated heterocycles. The van der Waals surface area contributed by atoms with Crippen LogP contribution in [0.25, 0.3) is 0 Å². The van der Waals surface area contributed by atoms with E-state index in [9.17, 15) is 0 Å². The van der Waals surface area contributed by atoms with Crippen LogP contribution in [0.5, 0.6) is 0 Å². The molecular weight excluding hydrogens is 132 g/mol. The van der Waals surface area contributed by atoms with Crippen molar-refractivity contribution in [3.8, 4) is 0 Å². The van der Waals surface area contributed by atoms with Crippen LogP contribution < -0.4 is 0 Å². The number of fused-ring (bicyclic) bond motifs is 1. The molecule has 11 heavy (non-hydrogen) atoms. The molecule has 1 aliphatic carbocycles. The molecule has 0 bridgehead atoms. The van der Waals surface area contributed by atoms with E-state index in [4.69, 9.17) is 0 Å². The van der Waals surface area contributed by atoms with Crippen molar-refractivity contribution in [1.29, 1.82) is 0 Å². The summed E-state index contributed by atoms with van der Waals surface area (Å²) in [5, 5.41) is 0. The normalized spacial score (nSPS) is 21.4. The zero-order valence-corrected chi connectivity index (χ0v) is 6.75. The predicted molar refractivity (Wildman–Crippen MR) is 47.7 cm³/mol. The third-order valence-corrected chi connectivity index (χ3v) is 2.32. The van der Waals surface area contributed by atoms with Crippen LogP contribution >= 0.6 is 0 Å². The fourth-order valence-electron chi connectivity index (χ4n) is 1.70. The largest absolute Gasteiger partial charge is 0.0910 e. The maximum Gasteiger partial charge on any atom is 0.00611 e. The lowest BCUT2D eigenvalue weighted by atomic mass is 9.77. The van der Waals surface area contributed by atoms with Crippen molar-refractivity contribution >= 4 is 0 Å². The van der Waals surface area contributed by atoms with Crippen molar-refractivity contribution < 1.29 is 0 Å². The molecule has 0 aromatic heterocycles. The summed E-state index contributed by atoms with van der Waals surface area (Å²) >= 11 is 0. The second-order valence-corrected chi connectivity index (χ2v) is 3.04. The van der Waals surface area contributed by atoms with Gasteiger partial charge in [0.25, 0.3) is 0 Å². The summed E-state index contributed by atoms with van der Waals surface area (Å²) < 4.78 is 0. The molecule has 0 radical (unpaired) electrons. The second-order valence-electron chi connectivity index (χ2n) is 3.04. The van der Waals surface area contributed by atoms with Gasteiger partial charge in [0, 0.05) is 5.92 Å². The monoisotopic (exact) mass is 144 g/mol.